The van der Waals surface area contributed by atoms with Crippen molar-refractivity contribution in [2.24, 2.45) is 5.41 Å². The van der Waals surface area contributed by atoms with Crippen molar-refractivity contribution in [3.05, 3.63) is 12.7 Å². The van der Waals surface area contributed by atoms with Crippen molar-refractivity contribution in [3.8, 4) is 0 Å². The summed E-state index contributed by atoms with van der Waals surface area (Å²) in [5, 5.41) is 0. The molecule has 3 nitrogen and oxygen atoms in total. The Morgan fingerprint density at radius 3 is 1.75 bits per heavy atom. The van der Waals surface area contributed by atoms with Gasteiger partial charge >= 0.3 is 0 Å². The highest BCUT2D eigenvalue weighted by atomic mass is 16.9. The summed E-state index contributed by atoms with van der Waals surface area (Å²) in [6.45, 7) is 8.37. The average Bonchev–Trinajstić information content (AvgIpc) is 2.50. The standard InChI is InChI=1S/C17H34O3/c1-7-10-11-12-13-14-15-16(8-2,9-3)17(18-4,19-5)20-6/h8H,2,7,9-15H2,1,3-6H3. The fourth-order valence-corrected chi connectivity index (χ4v) is 3.00. The highest BCUT2D eigenvalue weighted by Crippen LogP contribution is 2.44. The van der Waals surface area contributed by atoms with Crippen molar-refractivity contribution < 1.29 is 14.2 Å². The number of hydrogen-bond donors (Lipinski definition) is 0. The maximum Gasteiger partial charge on any atom is 0.291 e. The zero-order chi connectivity index (χ0) is 15.5. The topological polar surface area (TPSA) is 27.7 Å². The molecule has 120 valence electrons. The normalized spacial score (nSPS) is 15.1. The molecule has 0 aliphatic rings. The molecule has 0 radical (unpaired) electrons. The number of rotatable bonds is 13. The van der Waals surface area contributed by atoms with Crippen LogP contribution >= 0.6 is 0 Å². The van der Waals surface area contributed by atoms with E-state index in [2.05, 4.69) is 20.4 Å². The van der Waals surface area contributed by atoms with Gasteiger partial charge in [0.2, 0.25) is 0 Å². The fourth-order valence-electron chi connectivity index (χ4n) is 3.00. The minimum Gasteiger partial charge on any atom is -0.330 e. The lowest BCUT2D eigenvalue weighted by Gasteiger charge is -2.44. The molecule has 0 fully saturated rings. The van der Waals surface area contributed by atoms with Gasteiger partial charge in [0.25, 0.3) is 5.97 Å². The third-order valence-electron chi connectivity index (χ3n) is 4.41. The van der Waals surface area contributed by atoms with Crippen LogP contribution in [-0.2, 0) is 14.2 Å². The summed E-state index contributed by atoms with van der Waals surface area (Å²) in [5.41, 5.74) is -0.310. The first-order valence-electron chi connectivity index (χ1n) is 7.91. The number of methoxy groups -OCH3 is 3. The smallest absolute Gasteiger partial charge is 0.291 e. The van der Waals surface area contributed by atoms with Crippen LogP contribution in [0.4, 0.5) is 0 Å². The van der Waals surface area contributed by atoms with Gasteiger partial charge in [-0.15, -0.1) is 6.58 Å². The zero-order valence-electron chi connectivity index (χ0n) is 14.2. The molecule has 1 unspecified atom stereocenters. The summed E-state index contributed by atoms with van der Waals surface area (Å²) in [6, 6.07) is 0. The first-order valence-corrected chi connectivity index (χ1v) is 7.91. The summed E-state index contributed by atoms with van der Waals surface area (Å²) in [7, 11) is 4.88. The van der Waals surface area contributed by atoms with Crippen LogP contribution in [0.15, 0.2) is 12.7 Å². The molecule has 0 saturated heterocycles. The van der Waals surface area contributed by atoms with Crippen LogP contribution in [0.25, 0.3) is 0 Å². The van der Waals surface area contributed by atoms with E-state index in [1.165, 1.54) is 32.1 Å². The van der Waals surface area contributed by atoms with Gasteiger partial charge in [0.1, 0.15) is 0 Å². The minimum absolute atomic E-state index is 0.310. The number of hydrogen-bond acceptors (Lipinski definition) is 3. The largest absolute Gasteiger partial charge is 0.330 e. The van der Waals surface area contributed by atoms with Crippen LogP contribution < -0.4 is 0 Å². The van der Waals surface area contributed by atoms with Crippen LogP contribution in [-0.4, -0.2) is 27.3 Å². The molecule has 0 aromatic carbocycles. The van der Waals surface area contributed by atoms with E-state index in [-0.39, 0.29) is 5.41 Å². The van der Waals surface area contributed by atoms with Crippen molar-refractivity contribution in [2.45, 2.75) is 71.2 Å². The first kappa shape index (κ1) is 19.6. The summed E-state index contributed by atoms with van der Waals surface area (Å²) >= 11 is 0. The Bertz CT molecular complexity index is 240. The van der Waals surface area contributed by atoms with Crippen molar-refractivity contribution in [1.29, 1.82) is 0 Å². The van der Waals surface area contributed by atoms with E-state index < -0.39 is 5.97 Å². The molecule has 0 N–H and O–H groups in total. The second kappa shape index (κ2) is 10.4. The Hall–Kier alpha value is -0.380. The molecule has 0 aromatic rings. The van der Waals surface area contributed by atoms with Gasteiger partial charge in [-0.2, -0.15) is 0 Å². The van der Waals surface area contributed by atoms with E-state index in [1.54, 1.807) is 21.3 Å². The molecule has 20 heavy (non-hydrogen) atoms. The maximum atomic E-state index is 5.56. The molecular weight excluding hydrogens is 252 g/mol. The first-order chi connectivity index (χ1) is 9.61. The summed E-state index contributed by atoms with van der Waals surface area (Å²) in [5.74, 6) is -1.03. The lowest BCUT2D eigenvalue weighted by atomic mass is 9.77. The van der Waals surface area contributed by atoms with Crippen molar-refractivity contribution in [1.82, 2.24) is 0 Å². The molecule has 1 atom stereocenters. The maximum absolute atomic E-state index is 5.56. The zero-order valence-corrected chi connectivity index (χ0v) is 14.2. The third-order valence-corrected chi connectivity index (χ3v) is 4.41. The molecule has 0 heterocycles. The highest BCUT2D eigenvalue weighted by Gasteiger charge is 2.50. The van der Waals surface area contributed by atoms with E-state index in [0.717, 1.165) is 19.3 Å². The monoisotopic (exact) mass is 286 g/mol. The van der Waals surface area contributed by atoms with Gasteiger partial charge in [-0.25, -0.2) is 0 Å². The Morgan fingerprint density at radius 2 is 1.35 bits per heavy atom. The second-order valence-corrected chi connectivity index (χ2v) is 5.40. The Kier molecular flexibility index (Phi) is 10.2. The molecule has 0 amide bonds. The lowest BCUT2D eigenvalue weighted by Crippen LogP contribution is -2.51. The Labute approximate surface area is 125 Å². The quantitative estimate of drug-likeness (QED) is 0.273. The molecule has 0 bridgehead atoms. The van der Waals surface area contributed by atoms with Crippen LogP contribution in [0, 0.1) is 5.41 Å². The van der Waals surface area contributed by atoms with E-state index in [4.69, 9.17) is 14.2 Å². The number of ether oxygens (including phenoxy) is 3. The van der Waals surface area contributed by atoms with Crippen LogP contribution in [0.2, 0.25) is 0 Å². The molecule has 3 heteroatoms. The molecule has 0 aliphatic carbocycles. The predicted octanol–water partition coefficient (Wildman–Crippen LogP) is 4.91. The molecule has 0 spiro atoms. The third kappa shape index (κ3) is 4.57. The second-order valence-electron chi connectivity index (χ2n) is 5.40. The molecule has 0 rings (SSSR count). The minimum atomic E-state index is -1.03. The van der Waals surface area contributed by atoms with Crippen LogP contribution in [0.3, 0.4) is 0 Å². The molecular formula is C17H34O3. The Balaban J connectivity index is 4.63. The SMILES string of the molecule is C=CC(CC)(CCCCCCCC)C(OC)(OC)OC. The van der Waals surface area contributed by atoms with Crippen LogP contribution in [0.5, 0.6) is 0 Å². The van der Waals surface area contributed by atoms with Crippen molar-refractivity contribution >= 4 is 0 Å². The van der Waals surface area contributed by atoms with Gasteiger partial charge in [-0.05, 0) is 12.8 Å². The van der Waals surface area contributed by atoms with Gasteiger partial charge in [0.15, 0.2) is 0 Å². The van der Waals surface area contributed by atoms with Gasteiger partial charge in [0, 0.05) is 21.3 Å². The van der Waals surface area contributed by atoms with E-state index >= 15 is 0 Å². The van der Waals surface area contributed by atoms with Gasteiger partial charge in [-0.3, -0.25) is 0 Å². The number of unbranched alkanes of at least 4 members (excludes halogenated alkanes) is 5. The van der Waals surface area contributed by atoms with E-state index in [9.17, 15) is 0 Å². The van der Waals surface area contributed by atoms with Gasteiger partial charge in [-0.1, -0.05) is 58.4 Å². The van der Waals surface area contributed by atoms with Crippen LogP contribution in [0.1, 0.15) is 65.2 Å². The van der Waals surface area contributed by atoms with E-state index in [0.29, 0.717) is 0 Å². The summed E-state index contributed by atoms with van der Waals surface area (Å²) < 4.78 is 16.7. The highest BCUT2D eigenvalue weighted by molar-refractivity contribution is 5.00. The molecule has 0 aliphatic heterocycles. The van der Waals surface area contributed by atoms with Gasteiger partial charge in [0.05, 0.1) is 5.41 Å². The van der Waals surface area contributed by atoms with Gasteiger partial charge < -0.3 is 14.2 Å². The van der Waals surface area contributed by atoms with Crippen molar-refractivity contribution in [3.63, 3.8) is 0 Å². The summed E-state index contributed by atoms with van der Waals surface area (Å²) in [4.78, 5) is 0. The molecule has 0 aromatic heterocycles. The lowest BCUT2D eigenvalue weighted by molar-refractivity contribution is -0.399. The Morgan fingerprint density at radius 1 is 0.850 bits per heavy atom. The summed E-state index contributed by atoms with van der Waals surface area (Å²) in [6.07, 6.45) is 11.4. The van der Waals surface area contributed by atoms with E-state index in [1.807, 2.05) is 6.08 Å². The fraction of sp³-hybridized carbons (Fsp3) is 0.882. The predicted molar refractivity (Wildman–Crippen MR) is 84.7 cm³/mol. The van der Waals surface area contributed by atoms with Crippen molar-refractivity contribution in [2.75, 3.05) is 21.3 Å². The average molecular weight is 286 g/mol. The molecule has 0 saturated carbocycles.